The first kappa shape index (κ1) is 14.4. The monoisotopic (exact) mass is 279 g/mol. The van der Waals surface area contributed by atoms with Gasteiger partial charge in [-0.25, -0.2) is 0 Å². The van der Waals surface area contributed by atoms with E-state index >= 15 is 0 Å². The Bertz CT molecular complexity index is 560. The zero-order chi connectivity index (χ0) is 14.0. The molecule has 3 N–H and O–H groups in total. The third kappa shape index (κ3) is 3.50. The van der Waals surface area contributed by atoms with Gasteiger partial charge in [0.25, 0.3) is 0 Å². The highest BCUT2D eigenvalue weighted by Crippen LogP contribution is 2.24. The van der Waals surface area contributed by atoms with Crippen molar-refractivity contribution >= 4 is 22.5 Å². The van der Waals surface area contributed by atoms with Gasteiger partial charge in [0.15, 0.2) is 0 Å². The minimum absolute atomic E-state index is 0.143. The Kier molecular flexibility index (Phi) is 4.19. The zero-order valence-corrected chi connectivity index (χ0v) is 12.6. The molecule has 0 bridgehead atoms. The van der Waals surface area contributed by atoms with Crippen LogP contribution in [0.5, 0.6) is 0 Å². The van der Waals surface area contributed by atoms with Gasteiger partial charge in [-0.15, -0.1) is 0 Å². The van der Waals surface area contributed by atoms with Gasteiger partial charge in [0.2, 0.25) is 0 Å². The highest BCUT2D eigenvalue weighted by atomic mass is 35.5. The van der Waals surface area contributed by atoms with Crippen molar-refractivity contribution in [3.05, 3.63) is 35.0 Å². The van der Waals surface area contributed by atoms with Crippen LogP contribution in [-0.2, 0) is 6.54 Å². The number of hydrogen-bond donors (Lipinski definition) is 2. The van der Waals surface area contributed by atoms with E-state index in [0.717, 1.165) is 23.6 Å². The number of nitrogens with one attached hydrogen (secondary N) is 1. The first-order chi connectivity index (χ1) is 8.91. The molecule has 0 unspecified atom stereocenters. The highest BCUT2D eigenvalue weighted by molar-refractivity contribution is 6.31. The molecule has 0 aliphatic carbocycles. The number of hydrogen-bond acceptors (Lipinski definition) is 2. The number of aromatic nitrogens is 1. The number of rotatable bonds is 5. The van der Waals surface area contributed by atoms with Crippen molar-refractivity contribution in [3.63, 3.8) is 0 Å². The fourth-order valence-corrected chi connectivity index (χ4v) is 2.60. The molecular formula is C15H22ClN3. The molecule has 0 saturated carbocycles. The Hall–Kier alpha value is -1.03. The third-order valence-electron chi connectivity index (χ3n) is 3.42. The summed E-state index contributed by atoms with van der Waals surface area (Å²) in [4.78, 5) is 5.58. The lowest BCUT2D eigenvalue weighted by molar-refractivity contribution is 0.210. The normalized spacial score (nSPS) is 12.5. The molecular weight excluding hydrogens is 258 g/mol. The fourth-order valence-electron chi connectivity index (χ4n) is 2.43. The topological polar surface area (TPSA) is 45.0 Å². The molecule has 0 spiro atoms. The molecule has 1 heterocycles. The molecule has 2 rings (SSSR count). The molecule has 3 nitrogen and oxygen atoms in total. The Balaban J connectivity index is 2.13. The number of benzene rings is 1. The smallest absolute Gasteiger partial charge is 0.0472 e. The van der Waals surface area contributed by atoms with Crippen molar-refractivity contribution in [2.75, 3.05) is 20.1 Å². The number of aromatic amines is 1. The van der Waals surface area contributed by atoms with Gasteiger partial charge >= 0.3 is 0 Å². The fraction of sp³-hybridized carbons (Fsp3) is 0.467. The molecule has 0 atom stereocenters. The molecule has 0 amide bonds. The molecule has 104 valence electrons. The number of nitrogens with zero attached hydrogens (tertiary/aromatic N) is 1. The van der Waals surface area contributed by atoms with Crippen LogP contribution in [0.3, 0.4) is 0 Å². The van der Waals surface area contributed by atoms with Crippen molar-refractivity contribution < 1.29 is 0 Å². The van der Waals surface area contributed by atoms with Crippen LogP contribution < -0.4 is 5.73 Å². The summed E-state index contributed by atoms with van der Waals surface area (Å²) in [7, 11) is 2.13. The van der Waals surface area contributed by atoms with E-state index in [1.807, 2.05) is 12.1 Å². The van der Waals surface area contributed by atoms with E-state index in [1.54, 1.807) is 0 Å². The van der Waals surface area contributed by atoms with Crippen LogP contribution in [0.1, 0.15) is 19.4 Å². The van der Waals surface area contributed by atoms with E-state index in [2.05, 4.69) is 43.0 Å². The summed E-state index contributed by atoms with van der Waals surface area (Å²) in [6.45, 7) is 6.96. The number of fused-ring (bicyclic) bond motifs is 1. The molecule has 0 aliphatic rings. The summed E-state index contributed by atoms with van der Waals surface area (Å²) in [5.41, 5.74) is 8.32. The second-order valence-corrected chi connectivity index (χ2v) is 6.48. The van der Waals surface area contributed by atoms with Crippen LogP contribution in [0.4, 0.5) is 0 Å². The van der Waals surface area contributed by atoms with Crippen molar-refractivity contribution in [2.45, 2.75) is 20.4 Å². The largest absolute Gasteiger partial charge is 0.361 e. The van der Waals surface area contributed by atoms with E-state index in [1.165, 1.54) is 10.9 Å². The molecule has 0 radical (unpaired) electrons. The Labute approximate surface area is 119 Å². The van der Waals surface area contributed by atoms with E-state index in [0.29, 0.717) is 6.54 Å². The van der Waals surface area contributed by atoms with Crippen molar-refractivity contribution in [2.24, 2.45) is 11.1 Å². The Morgan fingerprint density at radius 2 is 2.11 bits per heavy atom. The van der Waals surface area contributed by atoms with Gasteiger partial charge in [-0.05, 0) is 36.7 Å². The lowest BCUT2D eigenvalue weighted by atomic mass is 9.93. The summed E-state index contributed by atoms with van der Waals surface area (Å²) >= 11 is 6.00. The maximum atomic E-state index is 6.00. The van der Waals surface area contributed by atoms with E-state index in [-0.39, 0.29) is 5.41 Å². The lowest BCUT2D eigenvalue weighted by Crippen LogP contribution is -2.36. The quantitative estimate of drug-likeness (QED) is 0.883. The van der Waals surface area contributed by atoms with Gasteiger partial charge in [-0.1, -0.05) is 31.5 Å². The van der Waals surface area contributed by atoms with Crippen molar-refractivity contribution in [1.29, 1.82) is 0 Å². The zero-order valence-electron chi connectivity index (χ0n) is 11.8. The van der Waals surface area contributed by atoms with Gasteiger partial charge in [0.05, 0.1) is 0 Å². The van der Waals surface area contributed by atoms with Crippen LogP contribution in [0, 0.1) is 5.41 Å². The summed E-state index contributed by atoms with van der Waals surface area (Å²) in [6, 6.07) is 5.97. The average molecular weight is 280 g/mol. The summed E-state index contributed by atoms with van der Waals surface area (Å²) in [6.07, 6.45) is 2.06. The second kappa shape index (κ2) is 5.53. The van der Waals surface area contributed by atoms with Gasteiger partial charge in [0, 0.05) is 35.2 Å². The van der Waals surface area contributed by atoms with E-state index in [9.17, 15) is 0 Å². The van der Waals surface area contributed by atoms with Gasteiger partial charge in [0.1, 0.15) is 0 Å². The molecule has 2 aromatic rings. The van der Waals surface area contributed by atoms with Crippen LogP contribution in [0.2, 0.25) is 5.02 Å². The molecule has 1 aromatic heterocycles. The second-order valence-electron chi connectivity index (χ2n) is 6.04. The molecule has 0 fully saturated rings. The highest BCUT2D eigenvalue weighted by Gasteiger charge is 2.18. The van der Waals surface area contributed by atoms with Gasteiger partial charge in [-0.3, -0.25) is 0 Å². The lowest BCUT2D eigenvalue weighted by Gasteiger charge is -2.28. The first-order valence-electron chi connectivity index (χ1n) is 6.55. The minimum atomic E-state index is 0.143. The molecule has 19 heavy (non-hydrogen) atoms. The molecule has 0 saturated heterocycles. The van der Waals surface area contributed by atoms with Crippen molar-refractivity contribution in [1.82, 2.24) is 9.88 Å². The Morgan fingerprint density at radius 3 is 2.79 bits per heavy atom. The predicted octanol–water partition coefficient (Wildman–Crippen LogP) is 3.24. The van der Waals surface area contributed by atoms with E-state index in [4.69, 9.17) is 17.3 Å². The summed E-state index contributed by atoms with van der Waals surface area (Å²) in [5, 5.41) is 2.00. The summed E-state index contributed by atoms with van der Waals surface area (Å²) in [5.74, 6) is 0. The third-order valence-corrected chi connectivity index (χ3v) is 3.66. The molecule has 1 aromatic carbocycles. The number of H-pyrrole nitrogens is 1. The van der Waals surface area contributed by atoms with E-state index < -0.39 is 0 Å². The van der Waals surface area contributed by atoms with Crippen molar-refractivity contribution in [3.8, 4) is 0 Å². The predicted molar refractivity (Wildman–Crippen MR) is 82.5 cm³/mol. The average Bonchev–Trinajstić information content (AvgIpc) is 2.71. The SMILES string of the molecule is CN(Cc1c[nH]c2cc(Cl)ccc12)CC(C)(C)CN. The number of nitrogens with two attached hydrogens (primary N) is 1. The maximum absolute atomic E-state index is 6.00. The maximum Gasteiger partial charge on any atom is 0.0472 e. The van der Waals surface area contributed by atoms with Gasteiger partial charge < -0.3 is 15.6 Å². The summed E-state index contributed by atoms with van der Waals surface area (Å²) < 4.78 is 0. The standard InChI is InChI=1S/C15H22ClN3/c1-15(2,9-17)10-19(3)8-11-7-18-14-6-12(16)4-5-13(11)14/h4-7,18H,8-10,17H2,1-3H3. The molecule has 0 aliphatic heterocycles. The van der Waals surface area contributed by atoms with Crippen LogP contribution in [0.15, 0.2) is 24.4 Å². The van der Waals surface area contributed by atoms with Gasteiger partial charge in [-0.2, -0.15) is 0 Å². The molecule has 4 heteroatoms. The first-order valence-corrected chi connectivity index (χ1v) is 6.93. The minimum Gasteiger partial charge on any atom is -0.361 e. The number of halogens is 1. The van der Waals surface area contributed by atoms with Crippen LogP contribution >= 0.6 is 11.6 Å². The van der Waals surface area contributed by atoms with Crippen LogP contribution in [-0.4, -0.2) is 30.0 Å². The van der Waals surface area contributed by atoms with Crippen LogP contribution in [0.25, 0.3) is 10.9 Å². The Morgan fingerprint density at radius 1 is 1.37 bits per heavy atom.